The summed E-state index contributed by atoms with van der Waals surface area (Å²) in [6.45, 7) is 5.36. The first-order valence-electron chi connectivity index (χ1n) is 5.40. The third kappa shape index (κ3) is 3.28. The minimum atomic E-state index is -0.127. The van der Waals surface area contributed by atoms with Gasteiger partial charge in [0.25, 0.3) is 0 Å². The van der Waals surface area contributed by atoms with Crippen molar-refractivity contribution in [3.05, 3.63) is 22.8 Å². The Morgan fingerprint density at radius 3 is 2.72 bits per heavy atom. The second kappa shape index (κ2) is 6.12. The van der Waals surface area contributed by atoms with E-state index in [0.717, 1.165) is 0 Å². The number of ketones is 1. The van der Waals surface area contributed by atoms with Gasteiger partial charge in [-0.2, -0.15) is 10.4 Å². The molecule has 0 amide bonds. The number of pyridine rings is 1. The van der Waals surface area contributed by atoms with Crippen molar-refractivity contribution in [3.63, 3.8) is 0 Å². The van der Waals surface area contributed by atoms with Crippen molar-refractivity contribution in [2.24, 2.45) is 5.10 Å². The lowest BCUT2D eigenvalue weighted by Crippen LogP contribution is -2.21. The second-order valence-corrected chi connectivity index (χ2v) is 3.96. The SMILES string of the molecule is CCN(/N=C(\C)C#N)c1nc(Cl)ccc1C(C)=O. The lowest BCUT2D eigenvalue weighted by Gasteiger charge is -2.18. The third-order valence-corrected chi connectivity index (χ3v) is 2.41. The molecule has 6 heteroatoms. The monoisotopic (exact) mass is 264 g/mol. The summed E-state index contributed by atoms with van der Waals surface area (Å²) in [6.07, 6.45) is 0. The molecule has 0 radical (unpaired) electrons. The molecule has 0 fully saturated rings. The van der Waals surface area contributed by atoms with E-state index in [2.05, 4.69) is 10.1 Å². The summed E-state index contributed by atoms with van der Waals surface area (Å²) in [7, 11) is 0. The maximum Gasteiger partial charge on any atom is 0.163 e. The maximum absolute atomic E-state index is 11.5. The van der Waals surface area contributed by atoms with Gasteiger partial charge in [0.1, 0.15) is 16.9 Å². The number of hydrogen-bond donors (Lipinski definition) is 0. The average molecular weight is 265 g/mol. The van der Waals surface area contributed by atoms with E-state index in [0.29, 0.717) is 17.9 Å². The smallest absolute Gasteiger partial charge is 0.163 e. The lowest BCUT2D eigenvalue weighted by atomic mass is 10.2. The van der Waals surface area contributed by atoms with Gasteiger partial charge in [-0.1, -0.05) is 11.6 Å². The normalized spacial score (nSPS) is 10.9. The highest BCUT2D eigenvalue weighted by molar-refractivity contribution is 6.29. The van der Waals surface area contributed by atoms with Crippen LogP contribution in [0, 0.1) is 11.3 Å². The number of nitrogens with zero attached hydrogens (tertiary/aromatic N) is 4. The zero-order chi connectivity index (χ0) is 13.7. The summed E-state index contributed by atoms with van der Waals surface area (Å²) in [5.41, 5.74) is 0.712. The van der Waals surface area contributed by atoms with Crippen molar-refractivity contribution >= 4 is 28.9 Å². The summed E-state index contributed by atoms with van der Waals surface area (Å²) >= 11 is 5.83. The van der Waals surface area contributed by atoms with Crippen molar-refractivity contribution in [3.8, 4) is 6.07 Å². The molecule has 1 aromatic rings. The van der Waals surface area contributed by atoms with Crippen LogP contribution in [0.5, 0.6) is 0 Å². The first kappa shape index (κ1) is 14.1. The Morgan fingerprint density at radius 1 is 1.56 bits per heavy atom. The summed E-state index contributed by atoms with van der Waals surface area (Å²) in [6, 6.07) is 5.08. The van der Waals surface area contributed by atoms with Crippen LogP contribution in [0.25, 0.3) is 0 Å². The number of rotatable bonds is 4. The highest BCUT2D eigenvalue weighted by atomic mass is 35.5. The number of carbonyl (C=O) groups is 1. The number of carbonyl (C=O) groups excluding carboxylic acids is 1. The Labute approximate surface area is 111 Å². The first-order valence-corrected chi connectivity index (χ1v) is 5.77. The van der Waals surface area contributed by atoms with E-state index in [4.69, 9.17) is 16.9 Å². The Balaban J connectivity index is 3.33. The topological polar surface area (TPSA) is 69.3 Å². The predicted octanol–water partition coefficient (Wildman–Crippen LogP) is 2.66. The van der Waals surface area contributed by atoms with Crippen LogP contribution in [-0.4, -0.2) is 23.0 Å². The molecular formula is C12H13ClN4O. The number of halogens is 1. The molecule has 0 aliphatic heterocycles. The number of hydrogen-bond acceptors (Lipinski definition) is 5. The highest BCUT2D eigenvalue weighted by Gasteiger charge is 2.15. The molecule has 0 N–H and O–H groups in total. The molecule has 0 atom stereocenters. The Kier molecular flexibility index (Phi) is 4.81. The molecule has 1 aromatic heterocycles. The van der Waals surface area contributed by atoms with Crippen molar-refractivity contribution in [2.45, 2.75) is 20.8 Å². The molecule has 0 aliphatic carbocycles. The van der Waals surface area contributed by atoms with E-state index >= 15 is 0 Å². The van der Waals surface area contributed by atoms with Crippen molar-refractivity contribution in [2.75, 3.05) is 11.6 Å². The van der Waals surface area contributed by atoms with E-state index in [9.17, 15) is 4.79 Å². The van der Waals surface area contributed by atoms with Gasteiger partial charge in [0, 0.05) is 6.54 Å². The Morgan fingerprint density at radius 2 is 2.22 bits per heavy atom. The highest BCUT2D eigenvalue weighted by Crippen LogP contribution is 2.21. The molecule has 1 rings (SSSR count). The molecule has 0 aromatic carbocycles. The summed E-state index contributed by atoms with van der Waals surface area (Å²) in [4.78, 5) is 15.6. The molecular weight excluding hydrogens is 252 g/mol. The molecule has 0 spiro atoms. The van der Waals surface area contributed by atoms with Gasteiger partial charge in [-0.15, -0.1) is 0 Å². The lowest BCUT2D eigenvalue weighted by molar-refractivity contribution is 0.101. The van der Waals surface area contributed by atoms with Gasteiger partial charge >= 0.3 is 0 Å². The second-order valence-electron chi connectivity index (χ2n) is 3.57. The standard InChI is InChI=1S/C12H13ClN4O/c1-4-17(16-8(2)7-14)12-10(9(3)18)5-6-11(13)15-12/h5-6H,4H2,1-3H3/b16-8+. The predicted molar refractivity (Wildman–Crippen MR) is 71.0 cm³/mol. The number of aromatic nitrogens is 1. The molecule has 0 bridgehead atoms. The Hall–Kier alpha value is -1.93. The molecule has 1 heterocycles. The molecule has 0 unspecified atom stereocenters. The van der Waals surface area contributed by atoms with Crippen LogP contribution in [0.4, 0.5) is 5.82 Å². The molecule has 94 valence electrons. The van der Waals surface area contributed by atoms with E-state index in [1.807, 2.05) is 13.0 Å². The van der Waals surface area contributed by atoms with E-state index in [1.54, 1.807) is 19.1 Å². The average Bonchev–Trinajstić information content (AvgIpc) is 2.35. The van der Waals surface area contributed by atoms with E-state index < -0.39 is 0 Å². The molecule has 0 saturated heterocycles. The van der Waals surface area contributed by atoms with Crippen LogP contribution in [0.15, 0.2) is 17.2 Å². The molecule has 0 saturated carbocycles. The van der Waals surface area contributed by atoms with Crippen LogP contribution in [0.1, 0.15) is 31.1 Å². The third-order valence-electron chi connectivity index (χ3n) is 2.20. The summed E-state index contributed by atoms with van der Waals surface area (Å²) in [5, 5.41) is 14.6. The van der Waals surface area contributed by atoms with Crippen LogP contribution >= 0.6 is 11.6 Å². The minimum Gasteiger partial charge on any atom is -0.294 e. The number of Topliss-reactive ketones (excluding diaryl/α,β-unsaturated/α-hetero) is 1. The van der Waals surface area contributed by atoms with Crippen molar-refractivity contribution in [1.29, 1.82) is 5.26 Å². The molecule has 0 aliphatic rings. The zero-order valence-corrected chi connectivity index (χ0v) is 11.2. The van der Waals surface area contributed by atoms with Crippen LogP contribution in [-0.2, 0) is 0 Å². The molecule has 18 heavy (non-hydrogen) atoms. The van der Waals surface area contributed by atoms with Crippen LogP contribution in [0.2, 0.25) is 5.15 Å². The quantitative estimate of drug-likeness (QED) is 0.363. The minimum absolute atomic E-state index is 0.127. The summed E-state index contributed by atoms with van der Waals surface area (Å²) < 4.78 is 0. The van der Waals surface area contributed by atoms with Gasteiger partial charge in [0.05, 0.1) is 5.56 Å². The van der Waals surface area contributed by atoms with Gasteiger partial charge < -0.3 is 0 Å². The molecule has 5 nitrogen and oxygen atoms in total. The zero-order valence-electron chi connectivity index (χ0n) is 10.4. The first-order chi connectivity index (χ1) is 8.49. The summed E-state index contributed by atoms with van der Waals surface area (Å²) in [5.74, 6) is 0.240. The van der Waals surface area contributed by atoms with Gasteiger partial charge in [-0.25, -0.2) is 9.99 Å². The van der Waals surface area contributed by atoms with Gasteiger partial charge in [0.2, 0.25) is 0 Å². The fourth-order valence-electron chi connectivity index (χ4n) is 1.37. The van der Waals surface area contributed by atoms with Gasteiger partial charge in [0.15, 0.2) is 11.6 Å². The van der Waals surface area contributed by atoms with E-state index in [1.165, 1.54) is 11.9 Å². The van der Waals surface area contributed by atoms with Crippen LogP contribution in [0.3, 0.4) is 0 Å². The number of hydrazone groups is 1. The number of nitriles is 1. The van der Waals surface area contributed by atoms with Gasteiger partial charge in [-0.05, 0) is 32.9 Å². The fourth-order valence-corrected chi connectivity index (χ4v) is 1.51. The largest absolute Gasteiger partial charge is 0.294 e. The van der Waals surface area contributed by atoms with Crippen molar-refractivity contribution < 1.29 is 4.79 Å². The van der Waals surface area contributed by atoms with Crippen molar-refractivity contribution in [1.82, 2.24) is 4.98 Å². The van der Waals surface area contributed by atoms with E-state index in [-0.39, 0.29) is 16.6 Å². The van der Waals surface area contributed by atoms with Crippen LogP contribution < -0.4 is 5.01 Å². The van der Waals surface area contributed by atoms with Gasteiger partial charge in [-0.3, -0.25) is 4.79 Å². The number of anilines is 1. The maximum atomic E-state index is 11.5. The Bertz CT molecular complexity index is 533. The fraction of sp³-hybridized carbons (Fsp3) is 0.333.